The summed E-state index contributed by atoms with van der Waals surface area (Å²) in [6, 6.07) is 6.88. The van der Waals surface area contributed by atoms with Crippen LogP contribution in [-0.4, -0.2) is 49.9 Å². The largest absolute Gasteiger partial charge is 0.423 e. The van der Waals surface area contributed by atoms with Gasteiger partial charge >= 0.3 is 5.63 Å². The van der Waals surface area contributed by atoms with Crippen molar-refractivity contribution in [3.8, 4) is 0 Å². The number of hydrogen-bond donors (Lipinski definition) is 1. The van der Waals surface area contributed by atoms with E-state index < -0.39 is 15.5 Å². The molecule has 150 valence electrons. The summed E-state index contributed by atoms with van der Waals surface area (Å²) in [4.78, 5) is 26.4. The number of anilines is 1. The van der Waals surface area contributed by atoms with Gasteiger partial charge in [0, 0.05) is 35.2 Å². The van der Waals surface area contributed by atoms with E-state index >= 15 is 0 Å². The number of likely N-dealkylation sites (tertiary alicyclic amines) is 1. The molecule has 0 radical (unpaired) electrons. The maximum atomic E-state index is 12.7. The van der Waals surface area contributed by atoms with Crippen LogP contribution in [0, 0.1) is 12.8 Å². The maximum Gasteiger partial charge on any atom is 0.336 e. The normalized spacial score (nSPS) is 23.1. The minimum absolute atomic E-state index is 0.0481. The zero-order valence-electron chi connectivity index (χ0n) is 15.8. The molecule has 0 bridgehead atoms. The second-order valence-corrected chi connectivity index (χ2v) is 10.0. The number of sulfone groups is 1. The Balaban J connectivity index is 1.38. The van der Waals surface area contributed by atoms with Gasteiger partial charge in [0.25, 0.3) is 0 Å². The molecule has 4 rings (SSSR count). The van der Waals surface area contributed by atoms with E-state index in [1.807, 2.05) is 19.1 Å². The van der Waals surface area contributed by atoms with Crippen molar-refractivity contribution in [3.63, 3.8) is 0 Å². The van der Waals surface area contributed by atoms with E-state index in [-0.39, 0.29) is 29.4 Å². The number of rotatable bonds is 3. The average molecular weight is 404 g/mol. The molecule has 1 unspecified atom stereocenters. The fraction of sp³-hybridized carbons (Fsp3) is 0.500. The SMILES string of the molecule is Cc1cc(=O)oc2cc(NC(=O)C3CCN(C4CCS(=O)(=O)C4)CC3)ccc12. The lowest BCUT2D eigenvalue weighted by Crippen LogP contribution is -2.44. The van der Waals surface area contributed by atoms with Crippen molar-refractivity contribution >= 4 is 32.4 Å². The minimum atomic E-state index is -2.89. The van der Waals surface area contributed by atoms with Crippen LogP contribution in [0.2, 0.25) is 0 Å². The first-order valence-electron chi connectivity index (χ1n) is 9.60. The molecule has 7 nitrogen and oxygen atoms in total. The number of carbonyl (C=O) groups is 1. The number of benzene rings is 1. The highest BCUT2D eigenvalue weighted by atomic mass is 32.2. The molecule has 2 aliphatic rings. The zero-order chi connectivity index (χ0) is 19.9. The molecule has 1 N–H and O–H groups in total. The average Bonchev–Trinajstić information content (AvgIpc) is 3.01. The molecule has 8 heteroatoms. The Morgan fingerprint density at radius 3 is 2.61 bits per heavy atom. The van der Waals surface area contributed by atoms with Crippen molar-refractivity contribution in [3.05, 3.63) is 40.2 Å². The molecular formula is C20H24N2O5S. The fourth-order valence-electron chi connectivity index (χ4n) is 4.24. The van der Waals surface area contributed by atoms with Crippen LogP contribution in [0.25, 0.3) is 11.0 Å². The molecule has 0 saturated carbocycles. The quantitative estimate of drug-likeness (QED) is 0.786. The van der Waals surface area contributed by atoms with Gasteiger partial charge in [0.15, 0.2) is 9.84 Å². The molecule has 0 spiro atoms. The van der Waals surface area contributed by atoms with E-state index in [1.165, 1.54) is 6.07 Å². The Morgan fingerprint density at radius 1 is 1.18 bits per heavy atom. The number of aryl methyl sites for hydroxylation is 1. The monoisotopic (exact) mass is 404 g/mol. The van der Waals surface area contributed by atoms with Gasteiger partial charge in [-0.2, -0.15) is 0 Å². The molecule has 3 heterocycles. The van der Waals surface area contributed by atoms with Crippen LogP contribution < -0.4 is 10.9 Å². The van der Waals surface area contributed by atoms with E-state index in [0.717, 1.165) is 24.0 Å². The topological polar surface area (TPSA) is 96.7 Å². The molecule has 2 fully saturated rings. The number of carbonyl (C=O) groups excluding carboxylic acids is 1. The lowest BCUT2D eigenvalue weighted by atomic mass is 9.94. The Kier molecular flexibility index (Phi) is 5.01. The molecular weight excluding hydrogens is 380 g/mol. The third-order valence-electron chi connectivity index (χ3n) is 5.84. The zero-order valence-corrected chi connectivity index (χ0v) is 16.6. The predicted octanol–water partition coefficient (Wildman–Crippen LogP) is 1.94. The van der Waals surface area contributed by atoms with E-state index in [9.17, 15) is 18.0 Å². The van der Waals surface area contributed by atoms with E-state index in [4.69, 9.17) is 4.42 Å². The first kappa shape index (κ1) is 19.1. The van der Waals surface area contributed by atoms with Gasteiger partial charge in [0.2, 0.25) is 5.91 Å². The molecule has 1 atom stereocenters. The van der Waals surface area contributed by atoms with Crippen LogP contribution in [0.1, 0.15) is 24.8 Å². The van der Waals surface area contributed by atoms with E-state index in [1.54, 1.807) is 6.07 Å². The van der Waals surface area contributed by atoms with Crippen LogP contribution in [0.15, 0.2) is 33.5 Å². The summed E-state index contributed by atoms with van der Waals surface area (Å²) in [5.41, 5.74) is 1.50. The number of amides is 1. The minimum Gasteiger partial charge on any atom is -0.423 e. The second kappa shape index (κ2) is 7.33. The van der Waals surface area contributed by atoms with Gasteiger partial charge in [0.05, 0.1) is 11.5 Å². The van der Waals surface area contributed by atoms with E-state index in [2.05, 4.69) is 10.2 Å². The summed E-state index contributed by atoms with van der Waals surface area (Å²) in [6.45, 7) is 3.33. The highest BCUT2D eigenvalue weighted by Gasteiger charge is 2.35. The molecule has 0 aliphatic carbocycles. The van der Waals surface area contributed by atoms with Crippen molar-refractivity contribution in [2.45, 2.75) is 32.2 Å². The van der Waals surface area contributed by atoms with Crippen molar-refractivity contribution < 1.29 is 17.6 Å². The fourth-order valence-corrected chi connectivity index (χ4v) is 6.00. The highest BCUT2D eigenvalue weighted by molar-refractivity contribution is 7.91. The number of hydrogen-bond acceptors (Lipinski definition) is 6. The Morgan fingerprint density at radius 2 is 1.93 bits per heavy atom. The number of piperidine rings is 1. The van der Waals surface area contributed by atoms with Gasteiger partial charge < -0.3 is 9.73 Å². The summed E-state index contributed by atoms with van der Waals surface area (Å²) in [6.07, 6.45) is 2.12. The standard InChI is InChI=1S/C20H24N2O5S/c1-13-10-19(23)27-18-11-15(2-3-17(13)18)21-20(24)14-4-7-22(8-5-14)16-6-9-28(25,26)12-16/h2-3,10-11,14,16H,4-9,12H2,1H3,(H,21,24). The Bertz CT molecular complexity index is 1070. The molecule has 28 heavy (non-hydrogen) atoms. The molecule has 1 aromatic heterocycles. The first-order chi connectivity index (χ1) is 13.3. The Labute approximate surface area is 163 Å². The lowest BCUT2D eigenvalue weighted by Gasteiger charge is -2.34. The number of nitrogens with one attached hydrogen (secondary N) is 1. The molecule has 1 amide bonds. The summed E-state index contributed by atoms with van der Waals surface area (Å²) < 4.78 is 28.6. The van der Waals surface area contributed by atoms with Crippen molar-refractivity contribution in [2.24, 2.45) is 5.92 Å². The van der Waals surface area contributed by atoms with Crippen LogP contribution in [-0.2, 0) is 14.6 Å². The maximum absolute atomic E-state index is 12.7. The lowest BCUT2D eigenvalue weighted by molar-refractivity contribution is -0.121. The van der Waals surface area contributed by atoms with E-state index in [0.29, 0.717) is 30.5 Å². The van der Waals surface area contributed by atoms with Crippen LogP contribution >= 0.6 is 0 Å². The summed E-state index contributed by atoms with van der Waals surface area (Å²) in [5.74, 6) is 0.365. The molecule has 2 aromatic rings. The third kappa shape index (κ3) is 3.98. The molecule has 2 saturated heterocycles. The van der Waals surface area contributed by atoms with Gasteiger partial charge in [-0.05, 0) is 57.0 Å². The van der Waals surface area contributed by atoms with Gasteiger partial charge in [-0.15, -0.1) is 0 Å². The molecule has 1 aromatic carbocycles. The van der Waals surface area contributed by atoms with Crippen molar-refractivity contribution in [2.75, 3.05) is 29.9 Å². The van der Waals surface area contributed by atoms with Gasteiger partial charge in [-0.3, -0.25) is 9.69 Å². The third-order valence-corrected chi connectivity index (χ3v) is 7.59. The van der Waals surface area contributed by atoms with Gasteiger partial charge in [0.1, 0.15) is 5.58 Å². The summed E-state index contributed by atoms with van der Waals surface area (Å²) in [7, 11) is -2.89. The van der Waals surface area contributed by atoms with Crippen LogP contribution in [0.4, 0.5) is 5.69 Å². The Hall–Kier alpha value is -2.19. The van der Waals surface area contributed by atoms with Gasteiger partial charge in [-0.25, -0.2) is 13.2 Å². The number of nitrogens with zero attached hydrogens (tertiary/aromatic N) is 1. The molecule has 2 aliphatic heterocycles. The highest BCUT2D eigenvalue weighted by Crippen LogP contribution is 2.26. The van der Waals surface area contributed by atoms with Crippen LogP contribution in [0.5, 0.6) is 0 Å². The second-order valence-electron chi connectivity index (χ2n) is 7.82. The first-order valence-corrected chi connectivity index (χ1v) is 11.4. The number of fused-ring (bicyclic) bond motifs is 1. The van der Waals surface area contributed by atoms with Crippen LogP contribution in [0.3, 0.4) is 0 Å². The van der Waals surface area contributed by atoms with Crippen molar-refractivity contribution in [1.29, 1.82) is 0 Å². The van der Waals surface area contributed by atoms with Gasteiger partial charge in [-0.1, -0.05) is 0 Å². The smallest absolute Gasteiger partial charge is 0.336 e. The van der Waals surface area contributed by atoms with Crippen molar-refractivity contribution in [1.82, 2.24) is 4.90 Å². The predicted molar refractivity (Wildman–Crippen MR) is 107 cm³/mol. The summed E-state index contributed by atoms with van der Waals surface area (Å²) >= 11 is 0. The summed E-state index contributed by atoms with van der Waals surface area (Å²) in [5, 5.41) is 3.77.